The third-order valence-electron chi connectivity index (χ3n) is 5.04. The van der Waals surface area contributed by atoms with Crippen LogP contribution in [0.3, 0.4) is 0 Å². The van der Waals surface area contributed by atoms with E-state index in [2.05, 4.69) is 59.0 Å². The number of imidazole rings is 1. The molecule has 1 aromatic carbocycles. The molecule has 5 rings (SSSR count). The zero-order valence-electron chi connectivity index (χ0n) is 16.6. The molecule has 0 spiro atoms. The molecule has 1 aliphatic heterocycles. The fourth-order valence-corrected chi connectivity index (χ4v) is 4.28. The maximum Gasteiger partial charge on any atom is 0.180 e. The van der Waals surface area contributed by atoms with E-state index >= 15 is 0 Å². The third kappa shape index (κ3) is 4.01. The number of amidine groups is 1. The number of hydrogen-bond donors (Lipinski definition) is 2. The number of nitrogens with two attached hydrogens (primary N) is 1. The minimum Gasteiger partial charge on any atom is -0.377 e. The van der Waals surface area contributed by atoms with Crippen LogP contribution in [0.2, 0.25) is 5.15 Å². The van der Waals surface area contributed by atoms with Crippen molar-refractivity contribution in [1.29, 1.82) is 0 Å². The summed E-state index contributed by atoms with van der Waals surface area (Å²) in [5, 5.41) is 5.11. The van der Waals surface area contributed by atoms with Crippen molar-refractivity contribution in [2.45, 2.75) is 11.9 Å². The van der Waals surface area contributed by atoms with Gasteiger partial charge in [-0.25, -0.2) is 9.97 Å². The summed E-state index contributed by atoms with van der Waals surface area (Å²) < 4.78 is 2.06. The van der Waals surface area contributed by atoms with E-state index in [9.17, 15) is 0 Å². The molecule has 1 aliphatic rings. The van der Waals surface area contributed by atoms with E-state index in [0.29, 0.717) is 16.9 Å². The Morgan fingerprint density at radius 2 is 1.94 bits per heavy atom. The van der Waals surface area contributed by atoms with Crippen molar-refractivity contribution in [3.63, 3.8) is 0 Å². The molecule has 0 aliphatic carbocycles. The largest absolute Gasteiger partial charge is 0.377 e. The second-order valence-corrected chi connectivity index (χ2v) is 8.66. The number of hydrogen-bond acceptors (Lipinski definition) is 8. The quantitative estimate of drug-likeness (QED) is 0.448. The number of anilines is 1. The zero-order valence-corrected chi connectivity index (χ0v) is 18.2. The van der Waals surface area contributed by atoms with Crippen molar-refractivity contribution in [1.82, 2.24) is 24.8 Å². The number of rotatable bonds is 5. The highest BCUT2D eigenvalue weighted by molar-refractivity contribution is 8.14. The average molecular weight is 451 g/mol. The first kappa shape index (κ1) is 19.7. The number of fused-ring (bicyclic) bond motifs is 1. The van der Waals surface area contributed by atoms with Gasteiger partial charge in [0.15, 0.2) is 10.8 Å². The minimum atomic E-state index is 0.0462. The van der Waals surface area contributed by atoms with E-state index in [1.54, 1.807) is 18.5 Å². The minimum absolute atomic E-state index is 0.0462. The van der Waals surface area contributed by atoms with E-state index < -0.39 is 0 Å². The second-order valence-electron chi connectivity index (χ2n) is 7.14. The molecule has 1 atom stereocenters. The molecule has 0 radical (unpaired) electrons. The standard InChI is InChI=1S/C21H19ClN8S/c1-29(16-6-7-18(22)25-8-16)11-15-12-30-17(9-26-19(30)10-24-15)13-2-4-14(5-3-13)20-27-28-21(23)31-20/h2-10,12,20,27H,11H2,1H3,(H2,23,28). The van der Waals surface area contributed by atoms with Crippen LogP contribution in [0.25, 0.3) is 16.9 Å². The van der Waals surface area contributed by atoms with Gasteiger partial charge in [-0.3, -0.25) is 14.8 Å². The van der Waals surface area contributed by atoms with Crippen LogP contribution in [-0.4, -0.2) is 31.6 Å². The van der Waals surface area contributed by atoms with Crippen molar-refractivity contribution in [3.05, 3.63) is 77.6 Å². The van der Waals surface area contributed by atoms with Crippen molar-refractivity contribution >= 4 is 39.9 Å². The number of thioether (sulfide) groups is 1. The Bertz CT molecular complexity index is 1250. The summed E-state index contributed by atoms with van der Waals surface area (Å²) >= 11 is 7.40. The Kier molecular flexibility index (Phi) is 5.13. The van der Waals surface area contributed by atoms with E-state index in [-0.39, 0.29) is 5.37 Å². The van der Waals surface area contributed by atoms with Crippen molar-refractivity contribution < 1.29 is 0 Å². The van der Waals surface area contributed by atoms with Gasteiger partial charge >= 0.3 is 0 Å². The lowest BCUT2D eigenvalue weighted by Crippen LogP contribution is -2.17. The van der Waals surface area contributed by atoms with Crippen LogP contribution in [0.5, 0.6) is 0 Å². The van der Waals surface area contributed by atoms with Gasteiger partial charge in [0.1, 0.15) is 10.5 Å². The van der Waals surface area contributed by atoms with Gasteiger partial charge in [-0.05, 0) is 17.7 Å². The summed E-state index contributed by atoms with van der Waals surface area (Å²) in [6, 6.07) is 12.0. The number of hydrazone groups is 1. The van der Waals surface area contributed by atoms with Crippen LogP contribution in [-0.2, 0) is 6.54 Å². The molecule has 10 heteroatoms. The van der Waals surface area contributed by atoms with Crippen molar-refractivity contribution in [3.8, 4) is 11.3 Å². The first-order valence-corrected chi connectivity index (χ1v) is 10.8. The Balaban J connectivity index is 1.39. The van der Waals surface area contributed by atoms with Gasteiger partial charge in [-0.2, -0.15) is 5.10 Å². The number of halogens is 1. The topological polar surface area (TPSA) is 96.7 Å². The maximum absolute atomic E-state index is 5.89. The molecule has 0 fully saturated rings. The van der Waals surface area contributed by atoms with E-state index in [1.807, 2.05) is 25.5 Å². The summed E-state index contributed by atoms with van der Waals surface area (Å²) in [7, 11) is 2.00. The molecule has 3 aromatic heterocycles. The number of nitrogens with zero attached hydrogens (tertiary/aromatic N) is 6. The molecule has 0 saturated heterocycles. The summed E-state index contributed by atoms with van der Waals surface area (Å²) in [6.45, 7) is 0.627. The van der Waals surface area contributed by atoms with E-state index in [0.717, 1.165) is 33.8 Å². The number of pyridine rings is 1. The van der Waals surface area contributed by atoms with Gasteiger partial charge in [-0.1, -0.05) is 47.6 Å². The molecule has 1 unspecified atom stereocenters. The molecule has 156 valence electrons. The van der Waals surface area contributed by atoms with Crippen LogP contribution in [0, 0.1) is 0 Å². The van der Waals surface area contributed by atoms with Gasteiger partial charge in [0.25, 0.3) is 0 Å². The molecule has 0 saturated carbocycles. The maximum atomic E-state index is 5.89. The molecular weight excluding hydrogens is 432 g/mol. The van der Waals surface area contributed by atoms with Crippen LogP contribution in [0.4, 0.5) is 5.69 Å². The fraction of sp³-hybridized carbons (Fsp3) is 0.143. The third-order valence-corrected chi connectivity index (χ3v) is 6.21. The normalized spacial score (nSPS) is 15.7. The summed E-state index contributed by atoms with van der Waals surface area (Å²) in [4.78, 5) is 15.3. The van der Waals surface area contributed by atoms with Gasteiger partial charge in [0.2, 0.25) is 0 Å². The SMILES string of the molecule is CN(Cc1cn2c(-c3ccc(C4NN=C(N)S4)cc3)cnc2cn1)c1ccc(Cl)nc1. The van der Waals surface area contributed by atoms with Gasteiger partial charge in [0, 0.05) is 18.8 Å². The van der Waals surface area contributed by atoms with Crippen molar-refractivity contribution in [2.75, 3.05) is 11.9 Å². The summed E-state index contributed by atoms with van der Waals surface area (Å²) in [5.74, 6) is 0. The predicted octanol–water partition coefficient (Wildman–Crippen LogP) is 3.65. The molecule has 4 aromatic rings. The first-order chi connectivity index (χ1) is 15.1. The average Bonchev–Trinajstić information content (AvgIpc) is 3.40. The van der Waals surface area contributed by atoms with Crippen LogP contribution < -0.4 is 16.1 Å². The number of nitrogens with one attached hydrogen (secondary N) is 1. The lowest BCUT2D eigenvalue weighted by Gasteiger charge is -2.18. The monoisotopic (exact) mass is 450 g/mol. The van der Waals surface area contributed by atoms with Crippen LogP contribution in [0.1, 0.15) is 16.6 Å². The lowest BCUT2D eigenvalue weighted by molar-refractivity contribution is 0.743. The van der Waals surface area contributed by atoms with E-state index in [1.165, 1.54) is 11.8 Å². The molecular formula is C21H19ClN8S. The first-order valence-electron chi connectivity index (χ1n) is 9.57. The molecule has 3 N–H and O–H groups in total. The van der Waals surface area contributed by atoms with Crippen LogP contribution >= 0.6 is 23.4 Å². The molecule has 0 bridgehead atoms. The molecule has 0 amide bonds. The van der Waals surface area contributed by atoms with Gasteiger partial charge in [-0.15, -0.1) is 0 Å². The summed E-state index contributed by atoms with van der Waals surface area (Å²) in [5.41, 5.74) is 14.7. The number of benzene rings is 1. The Morgan fingerprint density at radius 3 is 2.65 bits per heavy atom. The smallest absolute Gasteiger partial charge is 0.180 e. The Morgan fingerprint density at radius 1 is 1.10 bits per heavy atom. The Hall–Kier alpha value is -3.30. The van der Waals surface area contributed by atoms with Gasteiger partial charge < -0.3 is 10.6 Å². The van der Waals surface area contributed by atoms with E-state index in [4.69, 9.17) is 17.3 Å². The van der Waals surface area contributed by atoms with Gasteiger partial charge in [0.05, 0.1) is 42.2 Å². The highest BCUT2D eigenvalue weighted by atomic mass is 35.5. The highest BCUT2D eigenvalue weighted by Crippen LogP contribution is 2.31. The lowest BCUT2D eigenvalue weighted by atomic mass is 10.1. The second kappa shape index (κ2) is 8.09. The van der Waals surface area contributed by atoms with Crippen molar-refractivity contribution in [2.24, 2.45) is 10.8 Å². The highest BCUT2D eigenvalue weighted by Gasteiger charge is 2.19. The molecule has 8 nitrogen and oxygen atoms in total. The fourth-order valence-electron chi connectivity index (χ4n) is 3.42. The summed E-state index contributed by atoms with van der Waals surface area (Å²) in [6.07, 6.45) is 7.43. The molecule has 31 heavy (non-hydrogen) atoms. The number of aromatic nitrogens is 4. The zero-order chi connectivity index (χ0) is 21.4. The molecule has 4 heterocycles. The Labute approximate surface area is 188 Å². The van der Waals surface area contributed by atoms with Crippen LogP contribution in [0.15, 0.2) is 66.3 Å². The predicted molar refractivity (Wildman–Crippen MR) is 125 cm³/mol.